The molecule has 0 aliphatic rings. The largest absolute Gasteiger partial charge is 0.497 e. The molecule has 5 heteroatoms. The van der Waals surface area contributed by atoms with Crippen LogP contribution in [-0.2, 0) is 6.54 Å². The lowest BCUT2D eigenvalue weighted by molar-refractivity contribution is 0.391. The van der Waals surface area contributed by atoms with Gasteiger partial charge in [-0.2, -0.15) is 5.10 Å². The number of ether oxygens (including phenoxy) is 2. The first-order valence-electron chi connectivity index (χ1n) is 7.45. The highest BCUT2D eigenvalue weighted by Gasteiger charge is 2.08. The highest BCUT2D eigenvalue weighted by Crippen LogP contribution is 2.25. The van der Waals surface area contributed by atoms with Crippen LogP contribution in [0.2, 0.25) is 0 Å². The van der Waals surface area contributed by atoms with E-state index in [2.05, 4.69) is 35.4 Å². The Kier molecular flexibility index (Phi) is 5.58. The van der Waals surface area contributed by atoms with Crippen LogP contribution in [0.15, 0.2) is 30.5 Å². The van der Waals surface area contributed by atoms with Gasteiger partial charge < -0.3 is 14.8 Å². The Bertz CT molecular complexity index is 617. The maximum Gasteiger partial charge on any atom is 0.149 e. The van der Waals surface area contributed by atoms with E-state index in [1.165, 1.54) is 5.56 Å². The van der Waals surface area contributed by atoms with Gasteiger partial charge in [0.15, 0.2) is 0 Å². The number of nitrogens with zero attached hydrogens (tertiary/aromatic N) is 2. The highest BCUT2D eigenvalue weighted by atomic mass is 16.5. The second kappa shape index (κ2) is 7.64. The van der Waals surface area contributed by atoms with Crippen LogP contribution in [0, 0.1) is 0 Å². The van der Waals surface area contributed by atoms with Crippen molar-refractivity contribution < 1.29 is 9.47 Å². The third kappa shape index (κ3) is 3.87. The van der Waals surface area contributed by atoms with Gasteiger partial charge >= 0.3 is 0 Å². The van der Waals surface area contributed by atoms with Gasteiger partial charge in [0.2, 0.25) is 0 Å². The van der Waals surface area contributed by atoms with Gasteiger partial charge in [-0.1, -0.05) is 13.8 Å². The molecule has 5 nitrogen and oxygen atoms in total. The topological polar surface area (TPSA) is 56.3 Å². The molecule has 0 radical (unpaired) electrons. The number of anilines is 1. The van der Waals surface area contributed by atoms with E-state index < -0.39 is 0 Å². The predicted octanol–water partition coefficient (Wildman–Crippen LogP) is 3.62. The zero-order valence-corrected chi connectivity index (χ0v) is 13.6. The number of benzene rings is 1. The van der Waals surface area contributed by atoms with Crippen LogP contribution in [0.3, 0.4) is 0 Å². The second-order valence-electron chi connectivity index (χ2n) is 5.21. The van der Waals surface area contributed by atoms with Gasteiger partial charge in [0.05, 0.1) is 20.4 Å². The average molecular weight is 301 g/mol. The van der Waals surface area contributed by atoms with E-state index in [1.807, 2.05) is 24.4 Å². The summed E-state index contributed by atoms with van der Waals surface area (Å²) in [5.74, 6) is 2.82. The normalized spacial score (nSPS) is 11.8. The fourth-order valence-electron chi connectivity index (χ4n) is 2.16. The fourth-order valence-corrected chi connectivity index (χ4v) is 2.16. The third-order valence-electron chi connectivity index (χ3n) is 3.81. The summed E-state index contributed by atoms with van der Waals surface area (Å²) in [5, 5.41) is 11.5. The molecule has 2 aromatic rings. The fraction of sp³-hybridized carbons (Fsp3) is 0.412. The number of nitrogens with one attached hydrogen (secondary N) is 1. The Hall–Kier alpha value is -2.30. The van der Waals surface area contributed by atoms with E-state index in [0.717, 1.165) is 29.3 Å². The minimum Gasteiger partial charge on any atom is -0.497 e. The first-order valence-corrected chi connectivity index (χ1v) is 7.45. The molecule has 0 saturated heterocycles. The molecular formula is C17H23N3O2. The van der Waals surface area contributed by atoms with Gasteiger partial charge in [-0.15, -0.1) is 5.10 Å². The molecule has 1 heterocycles. The molecule has 1 N–H and O–H groups in total. The van der Waals surface area contributed by atoms with Gasteiger partial charge in [0, 0.05) is 18.2 Å². The summed E-state index contributed by atoms with van der Waals surface area (Å²) in [5.41, 5.74) is 2.24. The molecule has 1 aromatic heterocycles. The van der Waals surface area contributed by atoms with E-state index in [0.29, 0.717) is 12.5 Å². The smallest absolute Gasteiger partial charge is 0.149 e. The zero-order valence-electron chi connectivity index (χ0n) is 13.6. The second-order valence-corrected chi connectivity index (χ2v) is 5.21. The van der Waals surface area contributed by atoms with E-state index >= 15 is 0 Å². The van der Waals surface area contributed by atoms with Crippen molar-refractivity contribution in [1.82, 2.24) is 10.2 Å². The first-order chi connectivity index (χ1) is 10.7. The van der Waals surface area contributed by atoms with Crippen LogP contribution < -0.4 is 14.8 Å². The zero-order chi connectivity index (χ0) is 15.9. The summed E-state index contributed by atoms with van der Waals surface area (Å²) in [6.07, 6.45) is 2.91. The molecule has 2 rings (SSSR count). The third-order valence-corrected chi connectivity index (χ3v) is 3.81. The number of methoxy groups -OCH3 is 2. The molecule has 0 aliphatic carbocycles. The molecule has 1 unspecified atom stereocenters. The van der Waals surface area contributed by atoms with Crippen molar-refractivity contribution in [2.75, 3.05) is 19.5 Å². The summed E-state index contributed by atoms with van der Waals surface area (Å²) in [6, 6.07) is 7.83. The van der Waals surface area contributed by atoms with Gasteiger partial charge in [0.25, 0.3) is 0 Å². The quantitative estimate of drug-likeness (QED) is 0.846. The number of hydrogen-bond donors (Lipinski definition) is 1. The van der Waals surface area contributed by atoms with Crippen molar-refractivity contribution in [2.24, 2.45) is 0 Å². The van der Waals surface area contributed by atoms with E-state index in [-0.39, 0.29) is 0 Å². The van der Waals surface area contributed by atoms with Gasteiger partial charge in [-0.05, 0) is 36.1 Å². The minimum atomic E-state index is 0.478. The molecular weight excluding hydrogens is 278 g/mol. The van der Waals surface area contributed by atoms with Crippen molar-refractivity contribution >= 4 is 5.82 Å². The molecule has 0 bridgehead atoms. The molecule has 118 valence electrons. The predicted molar refractivity (Wildman–Crippen MR) is 87.6 cm³/mol. The molecule has 1 atom stereocenters. The summed E-state index contributed by atoms with van der Waals surface area (Å²) in [6.45, 7) is 4.97. The van der Waals surface area contributed by atoms with Crippen molar-refractivity contribution in [1.29, 1.82) is 0 Å². The Morgan fingerprint density at radius 2 is 2.00 bits per heavy atom. The summed E-state index contributed by atoms with van der Waals surface area (Å²) in [4.78, 5) is 0. The highest BCUT2D eigenvalue weighted by molar-refractivity contribution is 5.44. The van der Waals surface area contributed by atoms with Crippen molar-refractivity contribution in [3.05, 3.63) is 41.6 Å². The van der Waals surface area contributed by atoms with Crippen LogP contribution >= 0.6 is 0 Å². The molecule has 1 aromatic carbocycles. The summed E-state index contributed by atoms with van der Waals surface area (Å²) in [7, 11) is 3.30. The molecule has 0 fully saturated rings. The number of hydrogen-bond acceptors (Lipinski definition) is 5. The monoisotopic (exact) mass is 301 g/mol. The molecule has 0 aliphatic heterocycles. The Labute approximate surface area is 131 Å². The molecule has 0 spiro atoms. The van der Waals surface area contributed by atoms with Crippen LogP contribution in [0.5, 0.6) is 11.5 Å². The van der Waals surface area contributed by atoms with Crippen LogP contribution in [-0.4, -0.2) is 24.4 Å². The molecule has 0 amide bonds. The van der Waals surface area contributed by atoms with E-state index in [1.54, 1.807) is 14.2 Å². The van der Waals surface area contributed by atoms with Crippen LogP contribution in [0.25, 0.3) is 0 Å². The standard InChI is InChI=1S/C17H23N3O2/c1-5-12(2)14-8-17(20-19-11-14)18-10-13-6-7-15(21-3)9-16(13)22-4/h6-9,11-12H,5,10H2,1-4H3,(H,18,20). The Balaban J connectivity index is 2.10. The van der Waals surface area contributed by atoms with E-state index in [9.17, 15) is 0 Å². The Morgan fingerprint density at radius 1 is 1.18 bits per heavy atom. The Morgan fingerprint density at radius 3 is 2.68 bits per heavy atom. The van der Waals surface area contributed by atoms with Crippen molar-refractivity contribution in [3.8, 4) is 11.5 Å². The van der Waals surface area contributed by atoms with Gasteiger partial charge in [-0.25, -0.2) is 0 Å². The van der Waals surface area contributed by atoms with Gasteiger partial charge in [0.1, 0.15) is 17.3 Å². The lowest BCUT2D eigenvalue weighted by Crippen LogP contribution is -2.05. The summed E-state index contributed by atoms with van der Waals surface area (Å²) < 4.78 is 10.6. The number of rotatable bonds is 7. The van der Waals surface area contributed by atoms with Crippen LogP contribution in [0.4, 0.5) is 5.82 Å². The van der Waals surface area contributed by atoms with E-state index in [4.69, 9.17) is 9.47 Å². The average Bonchev–Trinajstić information content (AvgIpc) is 2.59. The maximum absolute atomic E-state index is 5.40. The lowest BCUT2D eigenvalue weighted by atomic mass is 10.0. The maximum atomic E-state index is 5.40. The van der Waals surface area contributed by atoms with Crippen molar-refractivity contribution in [2.45, 2.75) is 32.7 Å². The first kappa shape index (κ1) is 16.1. The summed E-state index contributed by atoms with van der Waals surface area (Å²) >= 11 is 0. The molecule has 22 heavy (non-hydrogen) atoms. The van der Waals surface area contributed by atoms with Crippen molar-refractivity contribution in [3.63, 3.8) is 0 Å². The van der Waals surface area contributed by atoms with Crippen LogP contribution in [0.1, 0.15) is 37.3 Å². The SMILES string of the molecule is CCC(C)c1cnnc(NCc2ccc(OC)cc2OC)c1. The molecule has 0 saturated carbocycles. The van der Waals surface area contributed by atoms with Gasteiger partial charge in [-0.3, -0.25) is 0 Å². The minimum absolute atomic E-state index is 0.478. The lowest BCUT2D eigenvalue weighted by Gasteiger charge is -2.13. The number of aromatic nitrogens is 2.